The van der Waals surface area contributed by atoms with E-state index in [1.54, 1.807) is 48.5 Å². The van der Waals surface area contributed by atoms with E-state index < -0.39 is 17.9 Å². The molecule has 8 nitrogen and oxygen atoms in total. The van der Waals surface area contributed by atoms with Crippen LogP contribution in [-0.4, -0.2) is 30.1 Å². The number of methoxy groups -OCH3 is 1. The maximum absolute atomic E-state index is 12.9. The number of aromatic carboxylic acids is 1. The topological polar surface area (TPSA) is 105 Å². The first-order valence-electron chi connectivity index (χ1n) is 10.2. The number of hydrogen-bond acceptors (Lipinski definition) is 5. The predicted molar refractivity (Wildman–Crippen MR) is 139 cm³/mol. The number of hydrogen-bond donors (Lipinski definition) is 2. The first-order valence-corrected chi connectivity index (χ1v) is 11.7. The van der Waals surface area contributed by atoms with E-state index in [2.05, 4.69) is 27.9 Å². The van der Waals surface area contributed by atoms with Crippen LogP contribution in [0.5, 0.6) is 11.5 Å². The zero-order valence-corrected chi connectivity index (χ0v) is 21.2. The highest BCUT2D eigenvalue weighted by Gasteiger charge is 2.35. The summed E-state index contributed by atoms with van der Waals surface area (Å²) in [5.41, 5.74) is 2.09. The van der Waals surface area contributed by atoms with Crippen LogP contribution >= 0.6 is 34.2 Å². The third-order valence-electron chi connectivity index (χ3n) is 5.09. The van der Waals surface area contributed by atoms with Crippen molar-refractivity contribution in [3.8, 4) is 11.5 Å². The largest absolute Gasteiger partial charge is 0.493 e. The molecule has 1 aliphatic heterocycles. The van der Waals surface area contributed by atoms with Crippen LogP contribution in [0.15, 0.2) is 66.4 Å². The number of nitrogens with zero attached hydrogens (tertiary/aromatic N) is 1. The van der Waals surface area contributed by atoms with Crippen molar-refractivity contribution in [1.29, 1.82) is 0 Å². The molecule has 10 heteroatoms. The molecule has 1 fully saturated rings. The summed E-state index contributed by atoms with van der Waals surface area (Å²) in [6, 6.07) is 15.8. The molecule has 35 heavy (non-hydrogen) atoms. The number of nitrogens with one attached hydrogen (secondary N) is 1. The van der Waals surface area contributed by atoms with Crippen molar-refractivity contribution in [3.05, 3.63) is 91.6 Å². The summed E-state index contributed by atoms with van der Waals surface area (Å²) in [5, 5.41) is 12.0. The van der Waals surface area contributed by atoms with E-state index >= 15 is 0 Å². The fraction of sp³-hybridized carbons (Fsp3) is 0.0800. The third-order valence-corrected chi connectivity index (χ3v) is 6.13. The number of ether oxygens (including phenoxy) is 2. The van der Waals surface area contributed by atoms with E-state index in [4.69, 9.17) is 26.2 Å². The van der Waals surface area contributed by atoms with Gasteiger partial charge in [-0.3, -0.25) is 4.79 Å². The van der Waals surface area contributed by atoms with Crippen molar-refractivity contribution in [2.45, 2.75) is 6.61 Å². The molecular formula is C25H18ClIN2O6. The molecule has 0 unspecified atom stereocenters. The zero-order chi connectivity index (χ0) is 25.1. The summed E-state index contributed by atoms with van der Waals surface area (Å²) in [6.45, 7) is 0.204. The molecule has 0 spiro atoms. The molecule has 3 aromatic rings. The molecule has 1 aliphatic rings. The summed E-state index contributed by atoms with van der Waals surface area (Å²) >= 11 is 8.10. The van der Waals surface area contributed by atoms with Crippen LogP contribution in [0.4, 0.5) is 10.5 Å². The molecule has 0 aromatic heterocycles. The van der Waals surface area contributed by atoms with Gasteiger partial charge in [0.2, 0.25) is 0 Å². The lowest BCUT2D eigenvalue weighted by Gasteiger charge is -2.14. The van der Waals surface area contributed by atoms with Crippen LogP contribution < -0.4 is 19.7 Å². The normalized spacial score (nSPS) is 14.3. The number of carboxylic acids is 1. The molecule has 0 bridgehead atoms. The summed E-state index contributed by atoms with van der Waals surface area (Å²) in [6.07, 6.45) is 1.56. The number of benzene rings is 3. The Morgan fingerprint density at radius 3 is 2.54 bits per heavy atom. The van der Waals surface area contributed by atoms with Crippen LogP contribution in [0.3, 0.4) is 0 Å². The number of rotatable bonds is 7. The number of urea groups is 1. The molecule has 3 aromatic carbocycles. The molecule has 0 aliphatic carbocycles. The van der Waals surface area contributed by atoms with Crippen molar-refractivity contribution < 1.29 is 29.0 Å². The number of carboxylic acid groups (broad SMARTS) is 1. The molecule has 0 radical (unpaired) electrons. The van der Waals surface area contributed by atoms with Crippen LogP contribution in [0.1, 0.15) is 21.5 Å². The van der Waals surface area contributed by atoms with Crippen LogP contribution in [0.25, 0.3) is 6.08 Å². The lowest BCUT2D eigenvalue weighted by molar-refractivity contribution is -0.113. The molecular weight excluding hydrogens is 587 g/mol. The highest BCUT2D eigenvalue weighted by Crippen LogP contribution is 2.35. The van der Waals surface area contributed by atoms with Crippen LogP contribution in [-0.2, 0) is 11.4 Å². The first kappa shape index (κ1) is 24.6. The van der Waals surface area contributed by atoms with E-state index in [1.807, 2.05) is 0 Å². The average molecular weight is 605 g/mol. The number of amides is 3. The Kier molecular flexibility index (Phi) is 7.27. The lowest BCUT2D eigenvalue weighted by atomic mass is 10.1. The number of halogens is 2. The van der Waals surface area contributed by atoms with Gasteiger partial charge < -0.3 is 19.9 Å². The van der Waals surface area contributed by atoms with Gasteiger partial charge in [0.1, 0.15) is 12.3 Å². The van der Waals surface area contributed by atoms with Crippen LogP contribution in [0.2, 0.25) is 5.02 Å². The quantitative estimate of drug-likeness (QED) is 0.215. The second-order valence-corrected chi connectivity index (χ2v) is 9.03. The average Bonchev–Trinajstić information content (AvgIpc) is 3.10. The molecule has 3 amide bonds. The Hall–Kier alpha value is -3.57. The van der Waals surface area contributed by atoms with Gasteiger partial charge in [-0.15, -0.1) is 0 Å². The molecule has 0 saturated carbocycles. The van der Waals surface area contributed by atoms with E-state index in [1.165, 1.54) is 25.3 Å². The second kappa shape index (κ2) is 10.4. The summed E-state index contributed by atoms with van der Waals surface area (Å²) < 4.78 is 12.1. The smallest absolute Gasteiger partial charge is 0.335 e. The maximum Gasteiger partial charge on any atom is 0.335 e. The van der Waals surface area contributed by atoms with Gasteiger partial charge in [-0.25, -0.2) is 14.5 Å². The fourth-order valence-electron chi connectivity index (χ4n) is 3.41. The summed E-state index contributed by atoms with van der Waals surface area (Å²) in [4.78, 5) is 37.4. The Bertz CT molecular complexity index is 1360. The first-order chi connectivity index (χ1) is 16.8. The van der Waals surface area contributed by atoms with Crippen molar-refractivity contribution in [2.24, 2.45) is 0 Å². The number of anilines is 1. The molecule has 1 heterocycles. The summed E-state index contributed by atoms with van der Waals surface area (Å²) in [7, 11) is 1.50. The van der Waals surface area contributed by atoms with Gasteiger partial charge in [0.05, 0.1) is 21.9 Å². The molecule has 2 N–H and O–H groups in total. The minimum Gasteiger partial charge on any atom is -0.493 e. The Morgan fingerprint density at radius 1 is 1.14 bits per heavy atom. The summed E-state index contributed by atoms with van der Waals surface area (Å²) in [5.74, 6) is -0.559. The van der Waals surface area contributed by atoms with E-state index in [0.717, 1.165) is 14.0 Å². The monoisotopic (exact) mass is 604 g/mol. The Labute approximate surface area is 219 Å². The van der Waals surface area contributed by atoms with Crippen molar-refractivity contribution in [2.75, 3.05) is 12.0 Å². The van der Waals surface area contributed by atoms with E-state index in [-0.39, 0.29) is 17.9 Å². The van der Waals surface area contributed by atoms with Gasteiger partial charge in [-0.1, -0.05) is 29.8 Å². The fourth-order valence-corrected chi connectivity index (χ4v) is 4.38. The lowest BCUT2D eigenvalue weighted by Crippen LogP contribution is -2.30. The highest BCUT2D eigenvalue weighted by molar-refractivity contribution is 14.1. The maximum atomic E-state index is 12.9. The van der Waals surface area contributed by atoms with E-state index in [0.29, 0.717) is 27.8 Å². The van der Waals surface area contributed by atoms with Gasteiger partial charge in [0, 0.05) is 5.02 Å². The SMILES string of the molecule is COc1cc(/C=C2/NC(=O)N(c3cccc(Cl)c3)C2=O)cc(I)c1OCc1ccc(C(=O)O)cc1. The molecule has 178 valence electrons. The Balaban J connectivity index is 1.55. The van der Waals surface area contributed by atoms with Gasteiger partial charge in [0.15, 0.2) is 11.5 Å². The van der Waals surface area contributed by atoms with Gasteiger partial charge in [-0.05, 0) is 82.3 Å². The standard InChI is InChI=1S/C25H18ClIN2O6/c1-34-21-11-15(9-19(27)22(21)35-13-14-5-7-16(8-6-14)24(31)32)10-20-23(30)29(25(33)28-20)18-4-2-3-17(26)12-18/h2-12H,13H2,1H3,(H,28,33)(H,31,32)/b20-10+. The van der Waals surface area contributed by atoms with Gasteiger partial charge in [-0.2, -0.15) is 0 Å². The second-order valence-electron chi connectivity index (χ2n) is 7.43. The predicted octanol–water partition coefficient (Wildman–Crippen LogP) is 5.33. The minimum atomic E-state index is -0.994. The number of carbonyl (C=O) groups excluding carboxylic acids is 2. The van der Waals surface area contributed by atoms with Crippen molar-refractivity contribution in [3.63, 3.8) is 0 Å². The number of carbonyl (C=O) groups is 3. The van der Waals surface area contributed by atoms with Gasteiger partial charge >= 0.3 is 12.0 Å². The highest BCUT2D eigenvalue weighted by atomic mass is 127. The third kappa shape index (κ3) is 5.41. The minimum absolute atomic E-state index is 0.111. The molecule has 0 atom stereocenters. The van der Waals surface area contributed by atoms with Gasteiger partial charge in [0.25, 0.3) is 5.91 Å². The number of imide groups is 1. The van der Waals surface area contributed by atoms with Crippen LogP contribution in [0, 0.1) is 3.57 Å². The van der Waals surface area contributed by atoms with Crippen molar-refractivity contribution in [1.82, 2.24) is 5.32 Å². The molecule has 1 saturated heterocycles. The zero-order valence-electron chi connectivity index (χ0n) is 18.2. The van der Waals surface area contributed by atoms with E-state index in [9.17, 15) is 14.4 Å². The van der Waals surface area contributed by atoms with Crippen molar-refractivity contribution >= 4 is 63.9 Å². The Morgan fingerprint density at radius 2 is 1.89 bits per heavy atom. The molecule has 4 rings (SSSR count).